The Balaban J connectivity index is 0.738. The molecule has 0 radical (unpaired) electrons. The van der Waals surface area contributed by atoms with Gasteiger partial charge in [0, 0.05) is 112 Å². The molecular weight excluding hydrogens is 898 g/mol. The van der Waals surface area contributed by atoms with Gasteiger partial charge in [-0.1, -0.05) is 12.1 Å². The molecule has 3 atom stereocenters. The van der Waals surface area contributed by atoms with Gasteiger partial charge in [0.2, 0.25) is 11.7 Å². The van der Waals surface area contributed by atoms with Crippen molar-refractivity contribution in [2.75, 3.05) is 74.1 Å². The van der Waals surface area contributed by atoms with Crippen LogP contribution in [0.15, 0.2) is 73.1 Å². The van der Waals surface area contributed by atoms with Crippen molar-refractivity contribution in [2.24, 2.45) is 11.8 Å². The number of pyridine rings is 1. The number of fused-ring (bicyclic) bond motifs is 2. The number of aromatic amines is 1. The summed E-state index contributed by atoms with van der Waals surface area (Å²) < 4.78 is 67.4. The lowest BCUT2D eigenvalue weighted by molar-refractivity contribution is -0.125. The van der Waals surface area contributed by atoms with E-state index >= 15 is 8.78 Å². The first kappa shape index (κ1) is 47.1. The zero-order valence-electron chi connectivity index (χ0n) is 37.9. The van der Waals surface area contributed by atoms with E-state index in [4.69, 9.17) is 4.74 Å². The highest BCUT2D eigenvalue weighted by Gasteiger charge is 2.37. The molecule has 2 aromatic heterocycles. The number of aromatic nitrogens is 2. The van der Waals surface area contributed by atoms with Crippen LogP contribution < -0.4 is 19.8 Å². The Kier molecular flexibility index (Phi) is 14.4. The third kappa shape index (κ3) is 9.95. The number of piperidine rings is 2. The third-order valence-electron chi connectivity index (χ3n) is 13.9. The van der Waals surface area contributed by atoms with Gasteiger partial charge in [-0.05, 0) is 110 Å². The van der Waals surface area contributed by atoms with Crippen molar-refractivity contribution in [3.8, 4) is 11.1 Å². The van der Waals surface area contributed by atoms with Crippen LogP contribution in [0, 0.1) is 23.5 Å². The number of aldehydes is 1. The predicted molar refractivity (Wildman–Crippen MR) is 254 cm³/mol. The molecule has 0 saturated carbocycles. The quantitative estimate of drug-likeness (QED) is 0.0501. The minimum Gasteiger partial charge on any atom is -0.573 e. The zero-order chi connectivity index (χ0) is 47.5. The highest BCUT2D eigenvalue weighted by Crippen LogP contribution is 2.34. The Labute approximate surface area is 396 Å². The lowest BCUT2D eigenvalue weighted by Crippen LogP contribution is -2.46. The van der Waals surface area contributed by atoms with Gasteiger partial charge in [-0.15, -0.1) is 4.31 Å². The first-order valence-corrected chi connectivity index (χ1v) is 24.4. The number of rotatable bonds is 17. The average molecular weight is 953 g/mol. The number of H-pyrrole nitrogens is 1. The lowest BCUT2D eigenvalue weighted by Gasteiger charge is -2.35. The highest BCUT2D eigenvalue weighted by atomic mass is 32.2. The van der Waals surface area contributed by atoms with Crippen molar-refractivity contribution < 1.29 is 41.6 Å². The van der Waals surface area contributed by atoms with Crippen LogP contribution in [-0.2, 0) is 32.4 Å². The number of nitrogens with zero attached hydrogens (tertiary/aromatic N) is 5. The van der Waals surface area contributed by atoms with E-state index in [0.717, 1.165) is 112 Å². The molecule has 18 heteroatoms. The van der Waals surface area contributed by atoms with Gasteiger partial charge in [0.15, 0.2) is 17.4 Å². The van der Waals surface area contributed by atoms with E-state index in [0.29, 0.717) is 41.4 Å². The van der Waals surface area contributed by atoms with Gasteiger partial charge in [-0.25, -0.2) is 18.2 Å². The van der Waals surface area contributed by atoms with E-state index in [2.05, 4.69) is 48.0 Å². The molecule has 3 fully saturated rings. The van der Waals surface area contributed by atoms with E-state index < -0.39 is 46.7 Å². The monoisotopic (exact) mass is 952 g/mol. The number of halogens is 3. The van der Waals surface area contributed by atoms with E-state index in [9.17, 15) is 28.1 Å². The maximum Gasteiger partial charge on any atom is 0.255 e. The van der Waals surface area contributed by atoms with Gasteiger partial charge >= 0.3 is 0 Å². The molecule has 5 aromatic rings. The van der Waals surface area contributed by atoms with Crippen molar-refractivity contribution >= 4 is 63.5 Å². The van der Waals surface area contributed by atoms with Crippen molar-refractivity contribution in [3.63, 3.8) is 0 Å². The molecule has 2 amide bonds. The molecular formula is C50H55F3N8O6S. The van der Waals surface area contributed by atoms with Crippen LogP contribution in [0.25, 0.3) is 22.2 Å². The fourth-order valence-electron chi connectivity index (χ4n) is 9.90. The molecule has 358 valence electrons. The molecule has 3 unspecified atom stereocenters. The van der Waals surface area contributed by atoms with Gasteiger partial charge < -0.3 is 39.1 Å². The minimum absolute atomic E-state index is 0.0308. The smallest absolute Gasteiger partial charge is 0.255 e. The number of ketones is 1. The molecule has 3 saturated heterocycles. The maximum absolute atomic E-state index is 15.7. The Morgan fingerprint density at radius 3 is 2.28 bits per heavy atom. The molecule has 0 spiro atoms. The third-order valence-corrected chi connectivity index (χ3v) is 15.1. The predicted octanol–water partition coefficient (Wildman–Crippen LogP) is 6.97. The van der Waals surface area contributed by atoms with Crippen LogP contribution >= 0.6 is 0 Å². The Morgan fingerprint density at radius 2 is 1.62 bits per heavy atom. The number of carbonyl (C=O) groups excluding carboxylic acids is 4. The van der Waals surface area contributed by atoms with Gasteiger partial charge in [0.25, 0.3) is 5.91 Å². The molecule has 6 heterocycles. The second-order valence-electron chi connectivity index (χ2n) is 18.2. The first-order chi connectivity index (χ1) is 33.0. The van der Waals surface area contributed by atoms with Crippen molar-refractivity contribution in [1.29, 1.82) is 0 Å². The normalized spacial score (nSPS) is 19.1. The molecule has 0 bridgehead atoms. The van der Waals surface area contributed by atoms with Gasteiger partial charge in [-0.2, -0.15) is 4.72 Å². The second-order valence-corrected chi connectivity index (χ2v) is 19.4. The van der Waals surface area contributed by atoms with E-state index in [1.165, 1.54) is 10.5 Å². The molecule has 3 aromatic carbocycles. The Hall–Kier alpha value is -5.95. The summed E-state index contributed by atoms with van der Waals surface area (Å²) in [6.45, 7) is 5.54. The second kappa shape index (κ2) is 20.7. The number of amides is 2. The number of hydrogen-bond donors (Lipinski definition) is 3. The summed E-state index contributed by atoms with van der Waals surface area (Å²) >= 11 is -1.98. The fraction of sp³-hybridized carbons (Fsp3) is 0.420. The summed E-state index contributed by atoms with van der Waals surface area (Å²) in [5.41, 5.74) is 4.53. The number of alkyl halides is 1. The van der Waals surface area contributed by atoms with Crippen molar-refractivity contribution in [3.05, 3.63) is 107 Å². The largest absolute Gasteiger partial charge is 0.573 e. The van der Waals surface area contributed by atoms with E-state index in [1.54, 1.807) is 24.2 Å². The standard InChI is InChI=1S/C50H55F3N8O6S/c1-54-49(64)44(3-2-22-62)61-27-35-23-38(8-9-39(35)50(61)65)59-19-14-32(15-20-59)30-67-29-31-12-17-58(18-13-31)37-6-4-33(5-7-37)34-24-40-41(26-56-48(40)55-25-34)47(63)45-42(52)10-11-43(46(45)53)57-68(66)60-21-16-36(51)28-60/h4-11,22-26,31-32,36,44,57H,2-3,12-21,27-30H2,1H3,(H,54,64)(H,55,56). The number of anilines is 3. The van der Waals surface area contributed by atoms with Crippen LogP contribution in [0.1, 0.15) is 76.8 Å². The van der Waals surface area contributed by atoms with E-state index in [1.807, 2.05) is 24.3 Å². The fourth-order valence-corrected chi connectivity index (χ4v) is 10.9. The number of hydrogen-bond acceptors (Lipinski definition) is 11. The molecule has 68 heavy (non-hydrogen) atoms. The van der Waals surface area contributed by atoms with Crippen LogP contribution in [-0.4, -0.2) is 119 Å². The summed E-state index contributed by atoms with van der Waals surface area (Å²) in [6, 6.07) is 17.1. The zero-order valence-corrected chi connectivity index (χ0v) is 38.7. The molecule has 3 N–H and O–H groups in total. The number of carbonyl (C=O) groups is 4. The summed E-state index contributed by atoms with van der Waals surface area (Å²) in [5, 5.41) is 3.02. The van der Waals surface area contributed by atoms with Gasteiger partial charge in [-0.3, -0.25) is 14.4 Å². The molecule has 14 nitrogen and oxygen atoms in total. The van der Waals surface area contributed by atoms with Crippen LogP contribution in [0.4, 0.5) is 30.2 Å². The van der Waals surface area contributed by atoms with E-state index in [-0.39, 0.29) is 49.0 Å². The van der Waals surface area contributed by atoms with Crippen molar-refractivity contribution in [2.45, 2.75) is 63.7 Å². The SMILES string of the molecule is CNC(=O)C(CCC=O)N1Cc2cc(N3CCC(COCC4CCN(c5ccc(-c6cnc7[nH]cc(C(=O)c8c(F)ccc(N[S+]([O-])N9CCC(F)C9)c8F)c7c6)cc5)CC4)CC3)ccc2C1=O. The van der Waals surface area contributed by atoms with Crippen LogP contribution in [0.2, 0.25) is 0 Å². The number of ether oxygens (including phenoxy) is 1. The molecule has 0 aliphatic carbocycles. The summed E-state index contributed by atoms with van der Waals surface area (Å²) in [5.74, 6) is -2.66. The number of benzene rings is 3. The van der Waals surface area contributed by atoms with Gasteiger partial charge in [0.1, 0.15) is 35.7 Å². The summed E-state index contributed by atoms with van der Waals surface area (Å²) in [7, 11) is 1.54. The Morgan fingerprint density at radius 1 is 0.926 bits per heavy atom. The van der Waals surface area contributed by atoms with Gasteiger partial charge in [0.05, 0.1) is 12.1 Å². The summed E-state index contributed by atoms with van der Waals surface area (Å²) in [4.78, 5) is 64.3. The number of nitrogens with one attached hydrogen (secondary N) is 3. The highest BCUT2D eigenvalue weighted by molar-refractivity contribution is 7.90. The average Bonchev–Trinajstić information content (AvgIpc) is 4.09. The van der Waals surface area contributed by atoms with Crippen LogP contribution in [0.3, 0.4) is 0 Å². The first-order valence-electron chi connectivity index (χ1n) is 23.3. The summed E-state index contributed by atoms with van der Waals surface area (Å²) in [6.07, 6.45) is 7.44. The molecule has 9 rings (SSSR count). The molecule has 4 aliphatic rings. The number of likely N-dealkylation sites (N-methyl/N-ethyl adjacent to an activating group) is 1. The molecule has 4 aliphatic heterocycles. The van der Waals surface area contributed by atoms with Crippen molar-refractivity contribution in [1.82, 2.24) is 24.5 Å². The lowest BCUT2D eigenvalue weighted by atomic mass is 9.95. The topological polar surface area (TPSA) is 166 Å². The minimum atomic E-state index is -1.98. The maximum atomic E-state index is 15.7. The van der Waals surface area contributed by atoms with Crippen LogP contribution in [0.5, 0.6) is 0 Å². The Bertz CT molecular complexity index is 2660.